The molecule has 1 unspecified atom stereocenters. The lowest BCUT2D eigenvalue weighted by molar-refractivity contribution is -0.0487. The van der Waals surface area contributed by atoms with Crippen molar-refractivity contribution in [2.45, 2.75) is 59.7 Å². The molecule has 0 saturated heterocycles. The van der Waals surface area contributed by atoms with Crippen LogP contribution in [0.25, 0.3) is 0 Å². The molecule has 6 nitrogen and oxygen atoms in total. The predicted octanol–water partition coefficient (Wildman–Crippen LogP) is 2.67. The number of aliphatic hydroxyl groups is 1. The molecule has 0 saturated carbocycles. The predicted molar refractivity (Wildman–Crippen MR) is 99.1 cm³/mol. The van der Waals surface area contributed by atoms with Crippen molar-refractivity contribution in [2.75, 3.05) is 59.5 Å². The van der Waals surface area contributed by atoms with Gasteiger partial charge in [0.2, 0.25) is 0 Å². The monoisotopic (exact) mass is 364 g/mol. The van der Waals surface area contributed by atoms with Crippen molar-refractivity contribution in [1.29, 1.82) is 0 Å². The van der Waals surface area contributed by atoms with E-state index < -0.39 is 6.10 Å². The van der Waals surface area contributed by atoms with Crippen molar-refractivity contribution in [2.24, 2.45) is 5.41 Å². The first-order valence-corrected chi connectivity index (χ1v) is 9.42. The summed E-state index contributed by atoms with van der Waals surface area (Å²) in [5.41, 5.74) is 0.376. The Labute approximate surface area is 154 Å². The Balaban J connectivity index is 3.14. The highest BCUT2D eigenvalue weighted by Gasteiger charge is 2.08. The van der Waals surface area contributed by atoms with Gasteiger partial charge in [0.1, 0.15) is 6.10 Å². The van der Waals surface area contributed by atoms with Crippen LogP contribution in [0.15, 0.2) is 0 Å². The average molecular weight is 365 g/mol. The third-order valence-electron chi connectivity index (χ3n) is 3.26. The minimum atomic E-state index is -0.589. The van der Waals surface area contributed by atoms with Gasteiger partial charge >= 0.3 is 0 Å². The second kappa shape index (κ2) is 16.0. The minimum Gasteiger partial charge on any atom is -0.388 e. The van der Waals surface area contributed by atoms with Crippen LogP contribution in [0, 0.1) is 5.41 Å². The normalized spacial score (nSPS) is 13.6. The van der Waals surface area contributed by atoms with Crippen LogP contribution in [0.1, 0.15) is 47.5 Å². The maximum atomic E-state index is 9.59. The van der Waals surface area contributed by atoms with Crippen molar-refractivity contribution in [3.05, 3.63) is 0 Å². The van der Waals surface area contributed by atoms with E-state index in [0.717, 1.165) is 13.0 Å². The van der Waals surface area contributed by atoms with Crippen LogP contribution >= 0.6 is 0 Å². The fourth-order valence-electron chi connectivity index (χ4n) is 1.94. The highest BCUT2D eigenvalue weighted by molar-refractivity contribution is 4.60. The van der Waals surface area contributed by atoms with E-state index in [1.54, 1.807) is 0 Å². The average Bonchev–Trinajstić information content (AvgIpc) is 2.52. The van der Waals surface area contributed by atoms with Crippen molar-refractivity contribution in [1.82, 2.24) is 0 Å². The maximum Gasteiger partial charge on any atom is 0.101 e. The Hall–Kier alpha value is -0.240. The van der Waals surface area contributed by atoms with E-state index in [4.69, 9.17) is 23.7 Å². The van der Waals surface area contributed by atoms with E-state index >= 15 is 0 Å². The Morgan fingerprint density at radius 3 is 1.68 bits per heavy atom. The van der Waals surface area contributed by atoms with Gasteiger partial charge in [-0.05, 0) is 32.1 Å². The zero-order valence-corrected chi connectivity index (χ0v) is 16.9. The highest BCUT2D eigenvalue weighted by Crippen LogP contribution is 2.20. The van der Waals surface area contributed by atoms with Gasteiger partial charge in [-0.25, -0.2) is 0 Å². The van der Waals surface area contributed by atoms with Gasteiger partial charge in [0.05, 0.1) is 59.0 Å². The summed E-state index contributed by atoms with van der Waals surface area (Å²) in [7, 11) is 0. The first-order chi connectivity index (χ1) is 11.8. The third-order valence-corrected chi connectivity index (χ3v) is 3.26. The molecule has 0 aromatic rings. The van der Waals surface area contributed by atoms with Gasteiger partial charge < -0.3 is 28.8 Å². The van der Waals surface area contributed by atoms with Crippen LogP contribution in [-0.2, 0) is 23.7 Å². The van der Waals surface area contributed by atoms with Crippen LogP contribution in [-0.4, -0.2) is 76.8 Å². The van der Waals surface area contributed by atoms with Crippen LogP contribution < -0.4 is 0 Å². The van der Waals surface area contributed by atoms with Gasteiger partial charge in [0.15, 0.2) is 0 Å². The van der Waals surface area contributed by atoms with Gasteiger partial charge in [-0.15, -0.1) is 0 Å². The SMILES string of the molecule is CC(C)OCC(O)COCCOCCOCCOCCCC(C)(C)C. The second-order valence-electron chi connectivity index (χ2n) is 7.61. The van der Waals surface area contributed by atoms with E-state index in [9.17, 15) is 5.11 Å². The molecule has 1 atom stereocenters. The molecule has 0 amide bonds. The largest absolute Gasteiger partial charge is 0.388 e. The van der Waals surface area contributed by atoms with Gasteiger partial charge in [-0.3, -0.25) is 0 Å². The molecule has 0 aliphatic heterocycles. The minimum absolute atomic E-state index is 0.117. The van der Waals surface area contributed by atoms with Crippen molar-refractivity contribution >= 4 is 0 Å². The van der Waals surface area contributed by atoms with Gasteiger partial charge in [-0.1, -0.05) is 20.8 Å². The molecule has 0 aromatic carbocycles. The Bertz CT molecular complexity index is 278. The molecular formula is C19H40O6. The zero-order valence-electron chi connectivity index (χ0n) is 16.9. The number of ether oxygens (including phenoxy) is 5. The van der Waals surface area contributed by atoms with Crippen LogP contribution in [0.2, 0.25) is 0 Å². The van der Waals surface area contributed by atoms with Crippen molar-refractivity contribution in [3.63, 3.8) is 0 Å². The summed E-state index contributed by atoms with van der Waals surface area (Å²) in [6, 6.07) is 0. The maximum absolute atomic E-state index is 9.59. The van der Waals surface area contributed by atoms with Crippen molar-refractivity contribution in [3.8, 4) is 0 Å². The standard InChI is InChI=1S/C19H40O6/c1-17(2)25-16-18(20)15-24-14-13-23-12-11-22-10-9-21-8-6-7-19(3,4)5/h17-18,20H,6-16H2,1-5H3. The molecule has 152 valence electrons. The lowest BCUT2D eigenvalue weighted by Gasteiger charge is -2.17. The molecule has 0 spiro atoms. The molecule has 0 heterocycles. The van der Waals surface area contributed by atoms with Gasteiger partial charge in [0, 0.05) is 6.61 Å². The topological polar surface area (TPSA) is 66.4 Å². The summed E-state index contributed by atoms with van der Waals surface area (Å²) in [5, 5.41) is 9.59. The molecule has 1 N–H and O–H groups in total. The van der Waals surface area contributed by atoms with Gasteiger partial charge in [-0.2, -0.15) is 0 Å². The molecule has 0 rings (SSSR count). The van der Waals surface area contributed by atoms with Crippen LogP contribution in [0.4, 0.5) is 0 Å². The first kappa shape index (κ1) is 24.8. The lowest BCUT2D eigenvalue weighted by Crippen LogP contribution is -2.24. The fourth-order valence-corrected chi connectivity index (χ4v) is 1.94. The second-order valence-corrected chi connectivity index (χ2v) is 7.61. The summed E-state index contributed by atoms with van der Waals surface area (Å²) in [5.74, 6) is 0. The number of hydrogen-bond donors (Lipinski definition) is 1. The molecule has 6 heteroatoms. The van der Waals surface area contributed by atoms with E-state index in [1.807, 2.05) is 13.8 Å². The summed E-state index contributed by atoms with van der Waals surface area (Å²) < 4.78 is 27.0. The number of aliphatic hydroxyl groups excluding tert-OH is 1. The molecule has 0 aliphatic rings. The number of hydrogen-bond acceptors (Lipinski definition) is 6. The molecule has 25 heavy (non-hydrogen) atoms. The van der Waals surface area contributed by atoms with E-state index in [0.29, 0.717) is 51.7 Å². The summed E-state index contributed by atoms with van der Waals surface area (Å²) in [6.45, 7) is 15.2. The zero-order chi connectivity index (χ0) is 19.0. The fraction of sp³-hybridized carbons (Fsp3) is 1.00. The summed E-state index contributed by atoms with van der Waals surface area (Å²) in [4.78, 5) is 0. The Kier molecular flexibility index (Phi) is 15.8. The number of rotatable bonds is 17. The first-order valence-electron chi connectivity index (χ1n) is 9.42. The molecule has 0 aromatic heterocycles. The van der Waals surface area contributed by atoms with Crippen LogP contribution in [0.3, 0.4) is 0 Å². The van der Waals surface area contributed by atoms with Gasteiger partial charge in [0.25, 0.3) is 0 Å². The highest BCUT2D eigenvalue weighted by atomic mass is 16.6. The van der Waals surface area contributed by atoms with E-state index in [-0.39, 0.29) is 12.7 Å². The Morgan fingerprint density at radius 1 is 0.720 bits per heavy atom. The van der Waals surface area contributed by atoms with E-state index in [2.05, 4.69) is 20.8 Å². The summed E-state index contributed by atoms with van der Waals surface area (Å²) >= 11 is 0. The molecule has 0 radical (unpaired) electrons. The van der Waals surface area contributed by atoms with E-state index in [1.165, 1.54) is 6.42 Å². The quantitative estimate of drug-likeness (QED) is 0.400. The van der Waals surface area contributed by atoms with Crippen LogP contribution in [0.5, 0.6) is 0 Å². The Morgan fingerprint density at radius 2 is 1.20 bits per heavy atom. The lowest BCUT2D eigenvalue weighted by atomic mass is 9.91. The molecule has 0 bridgehead atoms. The molecule has 0 aliphatic carbocycles. The molecule has 0 fully saturated rings. The third kappa shape index (κ3) is 21.7. The van der Waals surface area contributed by atoms with Crippen molar-refractivity contribution < 1.29 is 28.8 Å². The smallest absolute Gasteiger partial charge is 0.101 e. The molecular weight excluding hydrogens is 324 g/mol. The summed E-state index contributed by atoms with van der Waals surface area (Å²) in [6.07, 6.45) is 1.79.